The van der Waals surface area contributed by atoms with E-state index in [2.05, 4.69) is 4.99 Å². The number of nitro benzene ring substituents is 1. The number of nitro groups is 1. The zero-order chi connectivity index (χ0) is 20.3. The van der Waals surface area contributed by atoms with E-state index in [1.807, 2.05) is 18.2 Å². The van der Waals surface area contributed by atoms with Crippen LogP contribution in [0.4, 0.5) is 5.69 Å². The van der Waals surface area contributed by atoms with Crippen molar-refractivity contribution in [3.8, 4) is 0 Å². The standard InChI is InChI=1S/C21H19ClN2O4/c1-3-28-21(25)20-13(2)23-19(14-7-9-16(22)10-8-14)12-18(20)15-5-4-6-17(11-15)24(26)27/h4-12,18,20H,3H2,1-2H3. The number of carbonyl (C=O) groups is 1. The monoisotopic (exact) mass is 398 g/mol. The number of halogens is 1. The summed E-state index contributed by atoms with van der Waals surface area (Å²) in [5.41, 5.74) is 2.77. The fourth-order valence-corrected chi connectivity index (χ4v) is 3.41. The second-order valence-corrected chi connectivity index (χ2v) is 6.86. The largest absolute Gasteiger partial charge is 0.465 e. The van der Waals surface area contributed by atoms with E-state index in [9.17, 15) is 14.9 Å². The molecule has 0 aliphatic carbocycles. The lowest BCUT2D eigenvalue weighted by Crippen LogP contribution is -2.32. The predicted octanol–water partition coefficient (Wildman–Crippen LogP) is 5.03. The Kier molecular flexibility index (Phi) is 5.90. The fraction of sp³-hybridized carbons (Fsp3) is 0.238. The van der Waals surface area contributed by atoms with Crippen molar-refractivity contribution in [3.63, 3.8) is 0 Å². The molecule has 6 nitrogen and oxygen atoms in total. The first-order valence-electron chi connectivity index (χ1n) is 8.84. The second kappa shape index (κ2) is 8.35. The molecule has 0 bridgehead atoms. The lowest BCUT2D eigenvalue weighted by molar-refractivity contribution is -0.384. The molecular formula is C21H19ClN2O4. The predicted molar refractivity (Wildman–Crippen MR) is 108 cm³/mol. The number of esters is 1. The van der Waals surface area contributed by atoms with Crippen molar-refractivity contribution >= 4 is 34.7 Å². The van der Waals surface area contributed by atoms with Gasteiger partial charge >= 0.3 is 5.97 Å². The van der Waals surface area contributed by atoms with Crippen LogP contribution >= 0.6 is 11.6 Å². The van der Waals surface area contributed by atoms with Crippen molar-refractivity contribution in [1.82, 2.24) is 0 Å². The third kappa shape index (κ3) is 4.12. The maximum atomic E-state index is 12.6. The van der Waals surface area contributed by atoms with Crippen molar-refractivity contribution in [2.24, 2.45) is 10.9 Å². The molecule has 0 radical (unpaired) electrons. The highest BCUT2D eigenvalue weighted by atomic mass is 35.5. The van der Waals surface area contributed by atoms with Gasteiger partial charge in [0, 0.05) is 28.8 Å². The Morgan fingerprint density at radius 2 is 1.96 bits per heavy atom. The highest BCUT2D eigenvalue weighted by Crippen LogP contribution is 2.37. The van der Waals surface area contributed by atoms with Gasteiger partial charge in [0.2, 0.25) is 0 Å². The van der Waals surface area contributed by atoms with Crippen LogP contribution in [0.5, 0.6) is 0 Å². The van der Waals surface area contributed by atoms with Gasteiger partial charge in [0.1, 0.15) is 5.92 Å². The van der Waals surface area contributed by atoms with E-state index in [4.69, 9.17) is 16.3 Å². The van der Waals surface area contributed by atoms with Crippen molar-refractivity contribution in [2.75, 3.05) is 6.61 Å². The summed E-state index contributed by atoms with van der Waals surface area (Å²) in [6, 6.07) is 13.5. The first-order chi connectivity index (χ1) is 13.4. The Hall–Kier alpha value is -2.99. The molecule has 2 atom stereocenters. The summed E-state index contributed by atoms with van der Waals surface area (Å²) in [5, 5.41) is 11.8. The molecule has 0 aromatic heterocycles. The van der Waals surface area contributed by atoms with Crippen LogP contribution in [-0.4, -0.2) is 23.2 Å². The highest BCUT2D eigenvalue weighted by Gasteiger charge is 2.35. The van der Waals surface area contributed by atoms with Crippen molar-refractivity contribution in [2.45, 2.75) is 19.8 Å². The van der Waals surface area contributed by atoms with E-state index >= 15 is 0 Å². The molecule has 7 heteroatoms. The zero-order valence-corrected chi connectivity index (χ0v) is 16.2. The van der Waals surface area contributed by atoms with E-state index in [-0.39, 0.29) is 12.3 Å². The molecule has 0 saturated heterocycles. The quantitative estimate of drug-likeness (QED) is 0.402. The van der Waals surface area contributed by atoms with Crippen LogP contribution in [0.25, 0.3) is 5.70 Å². The maximum absolute atomic E-state index is 12.6. The molecule has 2 aromatic rings. The van der Waals surface area contributed by atoms with Gasteiger partial charge in [0.25, 0.3) is 5.69 Å². The lowest BCUT2D eigenvalue weighted by atomic mass is 9.80. The van der Waals surface area contributed by atoms with Crippen molar-refractivity contribution < 1.29 is 14.5 Å². The van der Waals surface area contributed by atoms with Crippen molar-refractivity contribution in [3.05, 3.63) is 80.9 Å². The van der Waals surface area contributed by atoms with E-state index in [0.717, 1.165) is 5.56 Å². The van der Waals surface area contributed by atoms with Gasteiger partial charge in [-0.15, -0.1) is 0 Å². The number of nitrogens with zero attached hydrogens (tertiary/aromatic N) is 2. The van der Waals surface area contributed by atoms with Crippen LogP contribution in [0.2, 0.25) is 5.02 Å². The molecule has 1 aliphatic heterocycles. The molecule has 0 N–H and O–H groups in total. The van der Waals surface area contributed by atoms with Crippen LogP contribution < -0.4 is 0 Å². The molecule has 2 unspecified atom stereocenters. The Bertz CT molecular complexity index is 967. The smallest absolute Gasteiger partial charge is 0.315 e. The van der Waals surface area contributed by atoms with E-state index in [1.165, 1.54) is 12.1 Å². The molecule has 3 rings (SSSR count). The fourth-order valence-electron chi connectivity index (χ4n) is 3.29. The minimum atomic E-state index is -0.641. The molecule has 144 valence electrons. The number of allylic oxidation sites excluding steroid dienone is 1. The molecule has 0 saturated carbocycles. The Morgan fingerprint density at radius 1 is 1.25 bits per heavy atom. The average Bonchev–Trinajstić information content (AvgIpc) is 2.68. The first-order valence-corrected chi connectivity index (χ1v) is 9.22. The van der Waals surface area contributed by atoms with Gasteiger partial charge in [-0.1, -0.05) is 35.9 Å². The normalized spacial score (nSPS) is 18.8. The zero-order valence-electron chi connectivity index (χ0n) is 15.5. The van der Waals surface area contributed by atoms with Crippen LogP contribution in [0, 0.1) is 16.0 Å². The third-order valence-corrected chi connectivity index (χ3v) is 4.84. The minimum absolute atomic E-state index is 0.0262. The number of rotatable bonds is 5. The van der Waals surface area contributed by atoms with Gasteiger partial charge < -0.3 is 4.74 Å². The summed E-state index contributed by atoms with van der Waals surface area (Å²) in [4.78, 5) is 28.0. The molecular weight excluding hydrogens is 380 g/mol. The first kappa shape index (κ1) is 19.8. The number of carbonyl (C=O) groups excluding carboxylic acids is 1. The third-order valence-electron chi connectivity index (χ3n) is 4.59. The number of aliphatic imine (C=N–C) groups is 1. The SMILES string of the molecule is CCOC(=O)C1C(C)=NC(c2ccc(Cl)cc2)=CC1c1cccc([N+](=O)[O-])c1. The molecule has 1 heterocycles. The molecule has 1 aliphatic rings. The van der Waals surface area contributed by atoms with Crippen LogP contribution in [0.1, 0.15) is 30.9 Å². The van der Waals surface area contributed by atoms with Gasteiger partial charge in [-0.2, -0.15) is 0 Å². The minimum Gasteiger partial charge on any atom is -0.465 e. The highest BCUT2D eigenvalue weighted by molar-refractivity contribution is 6.30. The van der Waals surface area contributed by atoms with Gasteiger partial charge in [0.15, 0.2) is 0 Å². The summed E-state index contributed by atoms with van der Waals surface area (Å²) >= 11 is 5.97. The van der Waals surface area contributed by atoms with E-state index < -0.39 is 22.7 Å². The van der Waals surface area contributed by atoms with E-state index in [0.29, 0.717) is 22.0 Å². The van der Waals surface area contributed by atoms with E-state index in [1.54, 1.807) is 38.1 Å². The average molecular weight is 399 g/mol. The number of hydrogen-bond donors (Lipinski definition) is 0. The Morgan fingerprint density at radius 3 is 2.61 bits per heavy atom. The summed E-state index contributed by atoms with van der Waals surface area (Å²) < 4.78 is 5.24. The summed E-state index contributed by atoms with van der Waals surface area (Å²) in [6.45, 7) is 3.76. The Balaban J connectivity index is 2.10. The van der Waals surface area contributed by atoms with Gasteiger partial charge in [-0.25, -0.2) is 0 Å². The van der Waals surface area contributed by atoms with Gasteiger partial charge in [0.05, 0.1) is 17.2 Å². The molecule has 0 amide bonds. The maximum Gasteiger partial charge on any atom is 0.315 e. The van der Waals surface area contributed by atoms with Gasteiger partial charge in [-0.05, 0) is 43.2 Å². The molecule has 2 aromatic carbocycles. The van der Waals surface area contributed by atoms with Crippen LogP contribution in [-0.2, 0) is 9.53 Å². The summed E-state index contributed by atoms with van der Waals surface area (Å²) in [7, 11) is 0. The number of benzene rings is 2. The number of ether oxygens (including phenoxy) is 1. The topological polar surface area (TPSA) is 81.8 Å². The lowest BCUT2D eigenvalue weighted by Gasteiger charge is -2.28. The van der Waals surface area contributed by atoms with Gasteiger partial charge in [-0.3, -0.25) is 19.9 Å². The van der Waals surface area contributed by atoms with Crippen LogP contribution in [0.15, 0.2) is 59.6 Å². The number of hydrogen-bond acceptors (Lipinski definition) is 5. The second-order valence-electron chi connectivity index (χ2n) is 6.42. The summed E-state index contributed by atoms with van der Waals surface area (Å²) in [5.74, 6) is -1.47. The molecule has 0 fully saturated rings. The molecule has 28 heavy (non-hydrogen) atoms. The Labute approximate surface area is 167 Å². The van der Waals surface area contributed by atoms with Crippen LogP contribution in [0.3, 0.4) is 0 Å². The van der Waals surface area contributed by atoms with Crippen molar-refractivity contribution in [1.29, 1.82) is 0 Å². The summed E-state index contributed by atoms with van der Waals surface area (Å²) in [6.07, 6.45) is 1.86. The molecule has 0 spiro atoms. The number of non-ortho nitro benzene ring substituents is 1.